The van der Waals surface area contributed by atoms with Crippen LogP contribution in [0.3, 0.4) is 0 Å². The van der Waals surface area contributed by atoms with Gasteiger partial charge in [0.1, 0.15) is 5.52 Å². The Morgan fingerprint density at radius 3 is 2.56 bits per heavy atom. The van der Waals surface area contributed by atoms with Gasteiger partial charge in [-0.1, -0.05) is 30.3 Å². The van der Waals surface area contributed by atoms with E-state index in [1.54, 1.807) is 12.3 Å². The molecule has 2 N–H and O–H groups in total. The summed E-state index contributed by atoms with van der Waals surface area (Å²) in [6.07, 6.45) is 1.62. The lowest BCUT2D eigenvalue weighted by molar-refractivity contribution is -0.884. The molecule has 16 heavy (non-hydrogen) atoms. The minimum Gasteiger partial charge on any atom is -0.349 e. The standard InChI is InChI=1S/C13H10N2O/c16-15-8-4-7-11-13(15)9-12(14-11)10-5-2-1-3-6-10/h1-9,16H/p+1. The van der Waals surface area contributed by atoms with Crippen LogP contribution in [0.5, 0.6) is 0 Å². The Hall–Kier alpha value is -2.29. The largest absolute Gasteiger partial charge is 0.349 e. The van der Waals surface area contributed by atoms with Crippen LogP contribution >= 0.6 is 0 Å². The number of hydrogen-bond donors (Lipinski definition) is 2. The van der Waals surface area contributed by atoms with Gasteiger partial charge in [-0.15, -0.1) is 0 Å². The van der Waals surface area contributed by atoms with Crippen LogP contribution < -0.4 is 4.73 Å². The molecule has 0 spiro atoms. The molecule has 3 heteroatoms. The minimum absolute atomic E-state index is 0.779. The van der Waals surface area contributed by atoms with E-state index in [0.717, 1.165) is 27.0 Å². The predicted molar refractivity (Wildman–Crippen MR) is 61.1 cm³/mol. The van der Waals surface area contributed by atoms with E-state index in [2.05, 4.69) is 4.98 Å². The average Bonchev–Trinajstić information content (AvgIpc) is 2.76. The third kappa shape index (κ3) is 1.34. The number of pyridine rings is 1. The highest BCUT2D eigenvalue weighted by Gasteiger charge is 2.11. The molecule has 0 unspecified atom stereocenters. The third-order valence-corrected chi connectivity index (χ3v) is 2.65. The van der Waals surface area contributed by atoms with Crippen LogP contribution in [0.2, 0.25) is 0 Å². The van der Waals surface area contributed by atoms with Gasteiger partial charge in [0, 0.05) is 16.9 Å². The third-order valence-electron chi connectivity index (χ3n) is 2.65. The summed E-state index contributed by atoms with van der Waals surface area (Å²) >= 11 is 0. The van der Waals surface area contributed by atoms with Crippen molar-refractivity contribution >= 4 is 11.0 Å². The Labute approximate surface area is 92.6 Å². The number of fused-ring (bicyclic) bond motifs is 1. The Balaban J connectivity index is 2.23. The van der Waals surface area contributed by atoms with Crippen LogP contribution in [0.25, 0.3) is 22.3 Å². The van der Waals surface area contributed by atoms with Gasteiger partial charge in [-0.05, 0) is 11.6 Å². The summed E-state index contributed by atoms with van der Waals surface area (Å²) in [5.74, 6) is 0. The number of aromatic nitrogens is 2. The van der Waals surface area contributed by atoms with Crippen LogP contribution in [0.4, 0.5) is 0 Å². The number of nitrogens with one attached hydrogen (secondary N) is 1. The van der Waals surface area contributed by atoms with Crippen molar-refractivity contribution in [2.24, 2.45) is 0 Å². The molecule has 0 fully saturated rings. The molecule has 0 radical (unpaired) electrons. The molecule has 0 amide bonds. The Bertz CT molecular complexity index is 629. The van der Waals surface area contributed by atoms with Crippen molar-refractivity contribution in [2.75, 3.05) is 0 Å². The summed E-state index contributed by atoms with van der Waals surface area (Å²) in [7, 11) is 0. The van der Waals surface area contributed by atoms with Gasteiger partial charge in [0.25, 0.3) is 5.52 Å². The molecule has 0 saturated heterocycles. The summed E-state index contributed by atoms with van der Waals surface area (Å²) < 4.78 is 1.12. The lowest BCUT2D eigenvalue weighted by Gasteiger charge is -1.94. The zero-order valence-electron chi connectivity index (χ0n) is 8.59. The number of nitrogens with zero attached hydrogens (tertiary/aromatic N) is 1. The summed E-state index contributed by atoms with van der Waals surface area (Å²) in [6, 6.07) is 15.7. The van der Waals surface area contributed by atoms with E-state index in [4.69, 9.17) is 0 Å². The number of rotatable bonds is 1. The second-order valence-corrected chi connectivity index (χ2v) is 3.70. The van der Waals surface area contributed by atoms with Crippen molar-refractivity contribution in [2.45, 2.75) is 0 Å². The monoisotopic (exact) mass is 211 g/mol. The number of benzene rings is 1. The zero-order valence-corrected chi connectivity index (χ0v) is 8.59. The highest BCUT2D eigenvalue weighted by Crippen LogP contribution is 2.21. The molecule has 0 bridgehead atoms. The van der Waals surface area contributed by atoms with E-state index < -0.39 is 0 Å². The maximum Gasteiger partial charge on any atom is 0.282 e. The SMILES string of the molecule is O[n+]1cccc2[nH]c(-c3ccccc3)cc21. The molecule has 3 aromatic rings. The van der Waals surface area contributed by atoms with Gasteiger partial charge in [0.15, 0.2) is 0 Å². The second-order valence-electron chi connectivity index (χ2n) is 3.70. The van der Waals surface area contributed by atoms with Crippen LogP contribution in [0.1, 0.15) is 0 Å². The maximum atomic E-state index is 9.63. The van der Waals surface area contributed by atoms with Crippen LogP contribution in [0.15, 0.2) is 54.7 Å². The molecule has 3 nitrogen and oxygen atoms in total. The Morgan fingerprint density at radius 1 is 1.00 bits per heavy atom. The highest BCUT2D eigenvalue weighted by molar-refractivity contribution is 5.79. The van der Waals surface area contributed by atoms with Crippen molar-refractivity contribution in [1.82, 2.24) is 4.98 Å². The molecular weight excluding hydrogens is 200 g/mol. The van der Waals surface area contributed by atoms with Gasteiger partial charge >= 0.3 is 0 Å². The Morgan fingerprint density at radius 2 is 1.81 bits per heavy atom. The van der Waals surface area contributed by atoms with Crippen molar-refractivity contribution in [1.29, 1.82) is 0 Å². The summed E-state index contributed by atoms with van der Waals surface area (Å²) in [5.41, 5.74) is 3.81. The van der Waals surface area contributed by atoms with E-state index in [9.17, 15) is 5.21 Å². The lowest BCUT2D eigenvalue weighted by atomic mass is 10.2. The first-order chi connectivity index (χ1) is 7.84. The van der Waals surface area contributed by atoms with Gasteiger partial charge in [-0.2, -0.15) is 0 Å². The summed E-state index contributed by atoms with van der Waals surface area (Å²) in [4.78, 5) is 3.27. The molecule has 2 heterocycles. The summed E-state index contributed by atoms with van der Waals surface area (Å²) in [5, 5.41) is 9.63. The fourth-order valence-electron chi connectivity index (χ4n) is 1.85. The molecule has 0 aliphatic rings. The zero-order chi connectivity index (χ0) is 11.0. The number of H-pyrrole nitrogens is 1. The fraction of sp³-hybridized carbons (Fsp3) is 0. The van der Waals surface area contributed by atoms with Crippen LogP contribution in [-0.4, -0.2) is 10.2 Å². The molecule has 1 aromatic carbocycles. The van der Waals surface area contributed by atoms with Crippen LogP contribution in [-0.2, 0) is 0 Å². The van der Waals surface area contributed by atoms with Gasteiger partial charge in [0.05, 0.1) is 5.69 Å². The minimum atomic E-state index is 0.779. The van der Waals surface area contributed by atoms with Crippen molar-refractivity contribution in [3.05, 3.63) is 54.7 Å². The quantitative estimate of drug-likeness (QED) is 0.470. The van der Waals surface area contributed by atoms with Gasteiger partial charge in [-0.25, -0.2) is 0 Å². The van der Waals surface area contributed by atoms with E-state index in [1.165, 1.54) is 0 Å². The van der Waals surface area contributed by atoms with E-state index in [1.807, 2.05) is 42.5 Å². The highest BCUT2D eigenvalue weighted by atomic mass is 16.5. The van der Waals surface area contributed by atoms with Gasteiger partial charge in [-0.3, -0.25) is 5.21 Å². The van der Waals surface area contributed by atoms with Crippen LogP contribution in [0, 0.1) is 0 Å². The molecule has 0 saturated carbocycles. The van der Waals surface area contributed by atoms with E-state index in [-0.39, 0.29) is 0 Å². The fourth-order valence-corrected chi connectivity index (χ4v) is 1.85. The van der Waals surface area contributed by atoms with Gasteiger partial charge < -0.3 is 4.98 Å². The normalized spacial score (nSPS) is 10.8. The smallest absolute Gasteiger partial charge is 0.282 e. The molecule has 0 aliphatic heterocycles. The van der Waals surface area contributed by atoms with E-state index in [0.29, 0.717) is 0 Å². The summed E-state index contributed by atoms with van der Waals surface area (Å²) in [6.45, 7) is 0. The van der Waals surface area contributed by atoms with Crippen molar-refractivity contribution in [3.63, 3.8) is 0 Å². The molecule has 78 valence electrons. The molecule has 3 rings (SSSR count). The molecule has 2 aromatic heterocycles. The second kappa shape index (κ2) is 3.38. The van der Waals surface area contributed by atoms with Gasteiger partial charge in [0.2, 0.25) is 6.20 Å². The van der Waals surface area contributed by atoms with Crippen molar-refractivity contribution in [3.8, 4) is 11.3 Å². The molecular formula is C13H11N2O+. The lowest BCUT2D eigenvalue weighted by Crippen LogP contribution is -2.29. The maximum absolute atomic E-state index is 9.63. The topological polar surface area (TPSA) is 39.9 Å². The Kier molecular flexibility index (Phi) is 1.90. The number of hydrogen-bond acceptors (Lipinski definition) is 1. The average molecular weight is 211 g/mol. The molecule has 0 atom stereocenters. The first kappa shape index (κ1) is 8.97. The predicted octanol–water partition coefficient (Wildman–Crippen LogP) is 2.36. The number of aromatic amines is 1. The van der Waals surface area contributed by atoms with Crippen molar-refractivity contribution < 1.29 is 9.94 Å². The molecule has 0 aliphatic carbocycles. The van der Waals surface area contributed by atoms with E-state index >= 15 is 0 Å². The first-order valence-electron chi connectivity index (χ1n) is 5.13. The first-order valence-corrected chi connectivity index (χ1v) is 5.13.